The van der Waals surface area contributed by atoms with Gasteiger partial charge in [-0.25, -0.2) is 0 Å². The van der Waals surface area contributed by atoms with Gasteiger partial charge in [-0.3, -0.25) is 9.78 Å². The van der Waals surface area contributed by atoms with Crippen molar-refractivity contribution >= 4 is 5.91 Å². The number of carbonyl (C=O) groups is 1. The number of hydrogen-bond donors (Lipinski definition) is 2. The van der Waals surface area contributed by atoms with Crippen LogP contribution in [0, 0.1) is 11.8 Å². The Balaban J connectivity index is 1.47. The van der Waals surface area contributed by atoms with Crippen molar-refractivity contribution in [3.05, 3.63) is 30.4 Å². The number of carbonyl (C=O) groups excluding carboxylic acids is 1. The summed E-state index contributed by atoms with van der Waals surface area (Å²) in [7, 11) is 0. The second kappa shape index (κ2) is 8.01. The van der Waals surface area contributed by atoms with Gasteiger partial charge in [-0.05, 0) is 49.9 Å². The highest BCUT2D eigenvalue weighted by molar-refractivity contribution is 5.76. The van der Waals surface area contributed by atoms with E-state index in [4.69, 9.17) is 4.52 Å². The third kappa shape index (κ3) is 4.38. The summed E-state index contributed by atoms with van der Waals surface area (Å²) in [6.45, 7) is 4.52. The van der Waals surface area contributed by atoms with Crippen LogP contribution in [0.3, 0.4) is 0 Å². The molecule has 7 heteroatoms. The molecule has 1 amide bonds. The molecule has 1 unspecified atom stereocenters. The SMILES string of the molecule is CC(CC(=O)NCc1nc(-c2ccncc2)no1)C1CCNCC1. The van der Waals surface area contributed by atoms with E-state index >= 15 is 0 Å². The number of hydrogen-bond acceptors (Lipinski definition) is 6. The molecule has 1 atom stereocenters. The maximum atomic E-state index is 12.1. The second-order valence-corrected chi connectivity index (χ2v) is 6.29. The number of piperidine rings is 1. The van der Waals surface area contributed by atoms with E-state index in [1.807, 2.05) is 12.1 Å². The molecule has 1 aliphatic rings. The van der Waals surface area contributed by atoms with Crippen molar-refractivity contribution in [3.63, 3.8) is 0 Å². The summed E-state index contributed by atoms with van der Waals surface area (Å²) in [5.41, 5.74) is 0.839. The molecule has 1 saturated heterocycles. The molecule has 0 bridgehead atoms. The Hall–Kier alpha value is -2.28. The highest BCUT2D eigenvalue weighted by Gasteiger charge is 2.22. The fraction of sp³-hybridized carbons (Fsp3) is 0.529. The predicted molar refractivity (Wildman–Crippen MR) is 88.8 cm³/mol. The lowest BCUT2D eigenvalue weighted by atomic mass is 9.84. The minimum Gasteiger partial charge on any atom is -0.347 e. The van der Waals surface area contributed by atoms with Crippen molar-refractivity contribution in [1.82, 2.24) is 25.8 Å². The lowest BCUT2D eigenvalue weighted by Gasteiger charge is -2.27. The normalized spacial score (nSPS) is 16.7. The van der Waals surface area contributed by atoms with Crippen LogP contribution in [0.1, 0.15) is 32.1 Å². The number of pyridine rings is 1. The molecule has 3 heterocycles. The van der Waals surface area contributed by atoms with Gasteiger partial charge in [0.25, 0.3) is 0 Å². The van der Waals surface area contributed by atoms with E-state index < -0.39 is 0 Å². The first-order valence-electron chi connectivity index (χ1n) is 8.43. The van der Waals surface area contributed by atoms with Crippen LogP contribution >= 0.6 is 0 Å². The Kier molecular flexibility index (Phi) is 5.53. The van der Waals surface area contributed by atoms with Crippen LogP contribution in [0.5, 0.6) is 0 Å². The monoisotopic (exact) mass is 329 g/mol. The van der Waals surface area contributed by atoms with Gasteiger partial charge in [0.15, 0.2) is 0 Å². The molecular weight excluding hydrogens is 306 g/mol. The van der Waals surface area contributed by atoms with E-state index in [1.165, 1.54) is 0 Å². The number of nitrogens with one attached hydrogen (secondary N) is 2. The average molecular weight is 329 g/mol. The average Bonchev–Trinajstić information content (AvgIpc) is 3.10. The highest BCUT2D eigenvalue weighted by atomic mass is 16.5. The predicted octanol–water partition coefficient (Wildman–Crippen LogP) is 1.77. The van der Waals surface area contributed by atoms with Crippen LogP contribution in [0.4, 0.5) is 0 Å². The van der Waals surface area contributed by atoms with Crippen LogP contribution in [-0.4, -0.2) is 34.1 Å². The topological polar surface area (TPSA) is 92.9 Å². The van der Waals surface area contributed by atoms with Gasteiger partial charge in [0, 0.05) is 24.4 Å². The van der Waals surface area contributed by atoms with Gasteiger partial charge in [0.1, 0.15) is 0 Å². The third-order valence-electron chi connectivity index (χ3n) is 4.54. The first-order valence-corrected chi connectivity index (χ1v) is 8.43. The molecule has 0 spiro atoms. The van der Waals surface area contributed by atoms with E-state index in [0.29, 0.717) is 30.0 Å². The molecule has 7 nitrogen and oxygen atoms in total. The van der Waals surface area contributed by atoms with Crippen LogP contribution in [0.25, 0.3) is 11.4 Å². The van der Waals surface area contributed by atoms with Crippen molar-refractivity contribution in [3.8, 4) is 11.4 Å². The zero-order valence-corrected chi connectivity index (χ0v) is 13.9. The van der Waals surface area contributed by atoms with E-state index in [-0.39, 0.29) is 12.5 Å². The minimum absolute atomic E-state index is 0.0321. The van der Waals surface area contributed by atoms with Crippen molar-refractivity contribution in [2.24, 2.45) is 11.8 Å². The van der Waals surface area contributed by atoms with Crippen LogP contribution in [-0.2, 0) is 11.3 Å². The van der Waals surface area contributed by atoms with Crippen LogP contribution in [0.2, 0.25) is 0 Å². The molecule has 2 N–H and O–H groups in total. The second-order valence-electron chi connectivity index (χ2n) is 6.29. The molecule has 0 radical (unpaired) electrons. The fourth-order valence-corrected chi connectivity index (χ4v) is 3.06. The lowest BCUT2D eigenvalue weighted by Crippen LogP contribution is -2.33. The van der Waals surface area contributed by atoms with E-state index in [9.17, 15) is 4.79 Å². The zero-order valence-electron chi connectivity index (χ0n) is 13.9. The van der Waals surface area contributed by atoms with E-state index in [1.54, 1.807) is 12.4 Å². The zero-order chi connectivity index (χ0) is 16.8. The highest BCUT2D eigenvalue weighted by Crippen LogP contribution is 2.24. The summed E-state index contributed by atoms with van der Waals surface area (Å²) in [5.74, 6) is 1.96. The van der Waals surface area contributed by atoms with Gasteiger partial charge in [-0.2, -0.15) is 4.98 Å². The van der Waals surface area contributed by atoms with E-state index in [0.717, 1.165) is 31.5 Å². The number of amides is 1. The van der Waals surface area contributed by atoms with Gasteiger partial charge in [-0.15, -0.1) is 0 Å². The quantitative estimate of drug-likeness (QED) is 0.839. The molecule has 3 rings (SSSR count). The number of nitrogens with zero attached hydrogens (tertiary/aromatic N) is 3. The molecule has 1 aliphatic heterocycles. The summed E-state index contributed by atoms with van der Waals surface area (Å²) < 4.78 is 5.19. The molecule has 0 saturated carbocycles. The molecule has 1 fully saturated rings. The first-order chi connectivity index (χ1) is 11.7. The molecule has 2 aromatic rings. The smallest absolute Gasteiger partial charge is 0.246 e. The Morgan fingerprint density at radius 2 is 2.12 bits per heavy atom. The third-order valence-corrected chi connectivity index (χ3v) is 4.54. The molecular formula is C17H23N5O2. The van der Waals surface area contributed by atoms with Gasteiger partial charge in [-0.1, -0.05) is 12.1 Å². The summed E-state index contributed by atoms with van der Waals surface area (Å²) in [6.07, 6.45) is 6.18. The number of aromatic nitrogens is 3. The standard InChI is InChI=1S/C17H23N5O2/c1-12(13-2-6-18-7-3-13)10-15(23)20-11-16-21-17(22-24-16)14-4-8-19-9-5-14/h4-5,8-9,12-13,18H,2-3,6-7,10-11H2,1H3,(H,20,23). The maximum Gasteiger partial charge on any atom is 0.246 e. The van der Waals surface area contributed by atoms with Crippen molar-refractivity contribution in [2.75, 3.05) is 13.1 Å². The first kappa shape index (κ1) is 16.6. The van der Waals surface area contributed by atoms with Crippen LogP contribution in [0.15, 0.2) is 29.0 Å². The molecule has 0 aliphatic carbocycles. The van der Waals surface area contributed by atoms with Crippen molar-refractivity contribution in [2.45, 2.75) is 32.7 Å². The van der Waals surface area contributed by atoms with E-state index in [2.05, 4.69) is 32.7 Å². The van der Waals surface area contributed by atoms with Gasteiger partial charge in [0.05, 0.1) is 6.54 Å². The summed E-state index contributed by atoms with van der Waals surface area (Å²) >= 11 is 0. The Morgan fingerprint density at radius 1 is 1.38 bits per heavy atom. The van der Waals surface area contributed by atoms with Gasteiger partial charge in [0.2, 0.25) is 17.6 Å². The Bertz CT molecular complexity index is 652. The summed E-state index contributed by atoms with van der Waals surface area (Å²) in [6, 6.07) is 3.63. The van der Waals surface area contributed by atoms with Gasteiger partial charge >= 0.3 is 0 Å². The van der Waals surface area contributed by atoms with Crippen molar-refractivity contribution < 1.29 is 9.32 Å². The molecule has 2 aromatic heterocycles. The largest absolute Gasteiger partial charge is 0.347 e. The molecule has 24 heavy (non-hydrogen) atoms. The molecule has 128 valence electrons. The van der Waals surface area contributed by atoms with Crippen LogP contribution < -0.4 is 10.6 Å². The summed E-state index contributed by atoms with van der Waals surface area (Å²) in [5, 5.41) is 10.2. The summed E-state index contributed by atoms with van der Waals surface area (Å²) in [4.78, 5) is 20.4. The van der Waals surface area contributed by atoms with Crippen molar-refractivity contribution in [1.29, 1.82) is 0 Å². The number of rotatable bonds is 6. The minimum atomic E-state index is 0.0321. The Morgan fingerprint density at radius 3 is 2.88 bits per heavy atom. The maximum absolute atomic E-state index is 12.1. The fourth-order valence-electron chi connectivity index (χ4n) is 3.06. The molecule has 0 aromatic carbocycles. The lowest BCUT2D eigenvalue weighted by molar-refractivity contribution is -0.122. The van der Waals surface area contributed by atoms with Gasteiger partial charge < -0.3 is 15.2 Å². The Labute approximate surface area is 141 Å².